The molecule has 21 heavy (non-hydrogen) atoms. The van der Waals surface area contributed by atoms with Crippen LogP contribution in [0.15, 0.2) is 41.3 Å². The van der Waals surface area contributed by atoms with Gasteiger partial charge < -0.3 is 5.32 Å². The molecule has 0 bridgehead atoms. The molecule has 1 aromatic carbocycles. The fourth-order valence-electron chi connectivity index (χ4n) is 1.84. The highest BCUT2D eigenvalue weighted by molar-refractivity contribution is 7.89. The molecule has 1 N–H and O–H groups in total. The molecule has 1 aromatic heterocycles. The third-order valence-corrected chi connectivity index (χ3v) is 6.13. The lowest BCUT2D eigenvalue weighted by atomic mass is 10.3. The Morgan fingerprint density at radius 2 is 1.90 bits per heavy atom. The highest BCUT2D eigenvalue weighted by Crippen LogP contribution is 2.24. The number of sulfonamides is 1. The number of halogens is 1. The fraction of sp³-hybridized carbons (Fsp3) is 0.286. The summed E-state index contributed by atoms with van der Waals surface area (Å²) in [6, 6.07) is 10.8. The van der Waals surface area contributed by atoms with E-state index in [1.165, 1.54) is 34.6 Å². The fourth-order valence-corrected chi connectivity index (χ4v) is 3.99. The van der Waals surface area contributed by atoms with Crippen molar-refractivity contribution in [3.05, 3.63) is 45.6 Å². The van der Waals surface area contributed by atoms with Gasteiger partial charge in [-0.05, 0) is 30.7 Å². The van der Waals surface area contributed by atoms with Crippen LogP contribution in [0.5, 0.6) is 0 Å². The van der Waals surface area contributed by atoms with Gasteiger partial charge in [-0.3, -0.25) is 0 Å². The van der Waals surface area contributed by atoms with Crippen molar-refractivity contribution in [3.8, 4) is 0 Å². The van der Waals surface area contributed by atoms with E-state index < -0.39 is 10.0 Å². The summed E-state index contributed by atoms with van der Waals surface area (Å²) in [6.07, 6.45) is 0.799. The van der Waals surface area contributed by atoms with Crippen LogP contribution in [0.4, 0.5) is 5.69 Å². The summed E-state index contributed by atoms with van der Waals surface area (Å²) in [6.45, 7) is 0.650. The zero-order chi connectivity index (χ0) is 15.5. The van der Waals surface area contributed by atoms with E-state index in [9.17, 15) is 8.42 Å². The minimum Gasteiger partial charge on any atom is -0.384 e. The summed E-state index contributed by atoms with van der Waals surface area (Å²) in [5.41, 5.74) is 0.619. The van der Waals surface area contributed by atoms with Crippen molar-refractivity contribution >= 4 is 38.6 Å². The summed E-state index contributed by atoms with van der Waals surface area (Å²) in [5, 5.41) is 3.19. The van der Waals surface area contributed by atoms with Crippen molar-refractivity contribution in [1.82, 2.24) is 4.31 Å². The van der Waals surface area contributed by atoms with E-state index in [1.807, 2.05) is 18.2 Å². The van der Waals surface area contributed by atoms with Gasteiger partial charge in [0.05, 0.1) is 10.0 Å². The molecule has 114 valence electrons. The zero-order valence-electron chi connectivity index (χ0n) is 11.8. The smallest absolute Gasteiger partial charge is 0.244 e. The lowest BCUT2D eigenvalue weighted by molar-refractivity contribution is 0.521. The molecule has 0 spiro atoms. The molecule has 2 rings (SSSR count). The second-order valence-corrected chi connectivity index (χ2v) is 8.59. The first kappa shape index (κ1) is 16.3. The standard InChI is InChI=1S/C14H17ClN2O2S2/c1-17(2)21(18,19)13-6-4-3-5-12(13)16-10-9-11-7-8-14(15)20-11/h3-8,16H,9-10H2,1-2H3. The van der Waals surface area contributed by atoms with Crippen molar-refractivity contribution in [2.24, 2.45) is 0 Å². The molecule has 0 aliphatic carbocycles. The third kappa shape index (κ3) is 3.97. The third-order valence-electron chi connectivity index (χ3n) is 2.96. The van der Waals surface area contributed by atoms with Gasteiger partial charge in [-0.25, -0.2) is 12.7 Å². The monoisotopic (exact) mass is 344 g/mol. The first-order valence-electron chi connectivity index (χ1n) is 6.41. The summed E-state index contributed by atoms with van der Waals surface area (Å²) in [4.78, 5) is 1.46. The number of para-hydroxylation sites is 1. The molecular weight excluding hydrogens is 328 g/mol. The Kier molecular flexibility index (Phi) is 5.27. The van der Waals surface area contributed by atoms with Gasteiger partial charge in [0, 0.05) is 25.5 Å². The number of thiophene rings is 1. The van der Waals surface area contributed by atoms with Gasteiger partial charge in [-0.1, -0.05) is 23.7 Å². The van der Waals surface area contributed by atoms with Crippen LogP contribution in [0, 0.1) is 0 Å². The molecule has 7 heteroatoms. The number of hydrogen-bond donors (Lipinski definition) is 1. The van der Waals surface area contributed by atoms with E-state index in [2.05, 4.69) is 5.32 Å². The van der Waals surface area contributed by atoms with Gasteiger partial charge in [-0.2, -0.15) is 0 Å². The molecule has 0 atom stereocenters. The predicted molar refractivity (Wildman–Crippen MR) is 88.8 cm³/mol. The normalized spacial score (nSPS) is 11.8. The molecule has 0 saturated heterocycles. The van der Waals surface area contributed by atoms with Crippen molar-refractivity contribution in [3.63, 3.8) is 0 Å². The number of benzene rings is 1. The van der Waals surface area contributed by atoms with Crippen molar-refractivity contribution < 1.29 is 8.42 Å². The Hall–Kier alpha value is -1.08. The first-order valence-corrected chi connectivity index (χ1v) is 9.04. The van der Waals surface area contributed by atoms with Crippen molar-refractivity contribution in [2.75, 3.05) is 26.0 Å². The summed E-state index contributed by atoms with van der Waals surface area (Å²) >= 11 is 7.43. The van der Waals surface area contributed by atoms with E-state index in [4.69, 9.17) is 11.6 Å². The van der Waals surface area contributed by atoms with Gasteiger partial charge in [0.2, 0.25) is 10.0 Å². The maximum absolute atomic E-state index is 12.3. The van der Waals surface area contributed by atoms with E-state index >= 15 is 0 Å². The average Bonchev–Trinajstić information content (AvgIpc) is 2.85. The number of hydrogen-bond acceptors (Lipinski definition) is 4. The van der Waals surface area contributed by atoms with Crippen LogP contribution in [-0.2, 0) is 16.4 Å². The quantitative estimate of drug-likeness (QED) is 0.874. The maximum Gasteiger partial charge on any atom is 0.244 e. The Morgan fingerprint density at radius 1 is 1.19 bits per heavy atom. The number of rotatable bonds is 6. The van der Waals surface area contributed by atoms with E-state index in [-0.39, 0.29) is 0 Å². The second-order valence-electron chi connectivity index (χ2n) is 4.67. The molecule has 2 aromatic rings. The first-order chi connectivity index (χ1) is 9.91. The minimum atomic E-state index is -3.45. The molecule has 0 radical (unpaired) electrons. The van der Waals surface area contributed by atoms with Crippen LogP contribution in [0.1, 0.15) is 4.88 Å². The molecule has 0 unspecified atom stereocenters. The van der Waals surface area contributed by atoms with Gasteiger partial charge in [0.15, 0.2) is 0 Å². The van der Waals surface area contributed by atoms with Crippen LogP contribution in [0.3, 0.4) is 0 Å². The van der Waals surface area contributed by atoms with Gasteiger partial charge in [0.1, 0.15) is 4.90 Å². The summed E-state index contributed by atoms with van der Waals surface area (Å²) < 4.78 is 26.5. The topological polar surface area (TPSA) is 49.4 Å². The Balaban J connectivity index is 2.10. The SMILES string of the molecule is CN(C)S(=O)(=O)c1ccccc1NCCc1ccc(Cl)s1. The Labute approximate surface area is 134 Å². The summed E-state index contributed by atoms with van der Waals surface area (Å²) in [5.74, 6) is 0. The van der Waals surface area contributed by atoms with E-state index in [1.54, 1.807) is 18.2 Å². The molecule has 0 saturated carbocycles. The highest BCUT2D eigenvalue weighted by Gasteiger charge is 2.20. The van der Waals surface area contributed by atoms with E-state index in [0.29, 0.717) is 17.1 Å². The van der Waals surface area contributed by atoms with Crippen LogP contribution in [0.2, 0.25) is 4.34 Å². The minimum absolute atomic E-state index is 0.291. The number of nitrogens with one attached hydrogen (secondary N) is 1. The van der Waals surface area contributed by atoms with Gasteiger partial charge >= 0.3 is 0 Å². The number of nitrogens with zero attached hydrogens (tertiary/aromatic N) is 1. The Morgan fingerprint density at radius 3 is 2.52 bits per heavy atom. The maximum atomic E-state index is 12.3. The lowest BCUT2D eigenvalue weighted by Crippen LogP contribution is -2.23. The largest absolute Gasteiger partial charge is 0.384 e. The van der Waals surface area contributed by atoms with Crippen LogP contribution in [-0.4, -0.2) is 33.4 Å². The molecule has 1 heterocycles. The zero-order valence-corrected chi connectivity index (χ0v) is 14.2. The lowest BCUT2D eigenvalue weighted by Gasteiger charge is -2.16. The van der Waals surface area contributed by atoms with Crippen molar-refractivity contribution in [1.29, 1.82) is 0 Å². The highest BCUT2D eigenvalue weighted by atomic mass is 35.5. The molecule has 0 fully saturated rings. The molecule has 4 nitrogen and oxygen atoms in total. The molecule has 0 amide bonds. The van der Waals surface area contributed by atoms with Gasteiger partial charge in [0.25, 0.3) is 0 Å². The Bertz CT molecular complexity index is 711. The van der Waals surface area contributed by atoms with Crippen LogP contribution >= 0.6 is 22.9 Å². The average molecular weight is 345 g/mol. The predicted octanol–water partition coefficient (Wildman–Crippen LogP) is 3.31. The van der Waals surface area contributed by atoms with Crippen LogP contribution < -0.4 is 5.32 Å². The summed E-state index contributed by atoms with van der Waals surface area (Å²) in [7, 11) is -0.391. The van der Waals surface area contributed by atoms with Gasteiger partial charge in [-0.15, -0.1) is 11.3 Å². The second kappa shape index (κ2) is 6.79. The van der Waals surface area contributed by atoms with E-state index in [0.717, 1.165) is 10.8 Å². The molecule has 0 aliphatic heterocycles. The molecule has 0 aliphatic rings. The molecular formula is C14H17ClN2O2S2. The number of anilines is 1. The van der Waals surface area contributed by atoms with Crippen LogP contribution in [0.25, 0.3) is 0 Å². The van der Waals surface area contributed by atoms with Crippen molar-refractivity contribution in [2.45, 2.75) is 11.3 Å².